The summed E-state index contributed by atoms with van der Waals surface area (Å²) in [6.45, 7) is -1.12. The number of hydrogen-bond acceptors (Lipinski definition) is 21. The van der Waals surface area contributed by atoms with Crippen LogP contribution in [0.3, 0.4) is 0 Å². The number of nitrogens with two attached hydrogens (primary N) is 1. The number of anilines is 3. The van der Waals surface area contributed by atoms with E-state index in [9.17, 15) is 67.5 Å². The van der Waals surface area contributed by atoms with E-state index in [4.69, 9.17) is 14.9 Å². The normalized spacial score (nSPS) is 20.4. The smallest absolute Gasteiger partial charge is 0.278 e. The zero-order valence-corrected chi connectivity index (χ0v) is 35.1. The quantitative estimate of drug-likeness (QED) is 0.0331. The van der Waals surface area contributed by atoms with Crippen molar-refractivity contribution in [3.63, 3.8) is 0 Å². The first kappa shape index (κ1) is 47.2. The highest BCUT2D eigenvalue weighted by Gasteiger charge is 2.43. The highest BCUT2D eigenvalue weighted by molar-refractivity contribution is 7.64. The van der Waals surface area contributed by atoms with E-state index in [1.54, 1.807) is 0 Å². The number of aliphatic hydroxyl groups is 1. The van der Waals surface area contributed by atoms with Crippen LogP contribution in [0.15, 0.2) is 56.5 Å². The molecule has 6 unspecified atom stereocenters. The number of aromatic nitrogens is 1. The molecule has 4 aromatic rings. The zero-order valence-electron chi connectivity index (χ0n) is 32.4. The molecule has 0 bridgehead atoms. The number of para-hydroxylation sites is 1. The van der Waals surface area contributed by atoms with E-state index in [0.717, 1.165) is 0 Å². The van der Waals surface area contributed by atoms with Gasteiger partial charge < -0.3 is 79.1 Å². The fraction of sp³-hybridized carbons (Fsp3) is 0.361. The summed E-state index contributed by atoms with van der Waals surface area (Å²) in [6, 6.07) is 10.5. The molecule has 2 amide bonds. The SMILES string of the molecule is Nc1cc2c(c(=O)[nH]1)C(C#CCNC(=O)CCCCC(=O)Nc1ccc3oc4c(CC(=O)[O-])cccc4c(=O)c3c1)CN2C1CC(O)C(COP(=O)([O-])OP(=O)([O-])OP(=O)([O-])[O-])O1. The summed E-state index contributed by atoms with van der Waals surface area (Å²) in [4.78, 5) is 111. The number of phosphoric ester groups is 1. The summed E-state index contributed by atoms with van der Waals surface area (Å²) in [5.41, 5.74) is 6.29. The molecule has 0 spiro atoms. The molecule has 2 aromatic heterocycles. The molecule has 0 saturated carbocycles. The molecule has 0 radical (unpaired) electrons. The van der Waals surface area contributed by atoms with Crippen LogP contribution in [-0.4, -0.2) is 66.0 Å². The number of carboxylic acid groups (broad SMARTS) is 1. The van der Waals surface area contributed by atoms with E-state index in [2.05, 4.69) is 40.6 Å². The van der Waals surface area contributed by atoms with Crippen molar-refractivity contribution in [3.05, 3.63) is 74.2 Å². The predicted octanol–water partition coefficient (Wildman–Crippen LogP) is -1.98. The highest BCUT2D eigenvalue weighted by Crippen LogP contribution is 2.60. The van der Waals surface area contributed by atoms with Gasteiger partial charge in [0.15, 0.2) is 0 Å². The van der Waals surface area contributed by atoms with Gasteiger partial charge in [-0.05, 0) is 37.1 Å². The summed E-state index contributed by atoms with van der Waals surface area (Å²) in [7, 11) is -18.3. The number of nitrogens with one attached hydrogen (secondary N) is 3. The van der Waals surface area contributed by atoms with Crippen molar-refractivity contribution in [3.8, 4) is 11.8 Å². The molecular weight excluding hydrogens is 899 g/mol. The number of nitrogen functional groups attached to an aromatic ring is 1. The molecule has 2 aliphatic rings. The van der Waals surface area contributed by atoms with Crippen LogP contribution in [0.25, 0.3) is 21.9 Å². The summed E-state index contributed by atoms with van der Waals surface area (Å²) in [5.74, 6) is 2.85. The van der Waals surface area contributed by atoms with E-state index in [-0.39, 0.29) is 88.7 Å². The van der Waals surface area contributed by atoms with Gasteiger partial charge >= 0.3 is 0 Å². The number of rotatable bonds is 17. The lowest BCUT2D eigenvalue weighted by atomic mass is 10.0. The Kier molecular flexibility index (Phi) is 14.4. The zero-order chi connectivity index (χ0) is 45.9. The van der Waals surface area contributed by atoms with Crippen molar-refractivity contribution in [1.29, 1.82) is 0 Å². The first-order chi connectivity index (χ1) is 29.6. The molecule has 338 valence electrons. The van der Waals surface area contributed by atoms with Crippen molar-refractivity contribution >= 4 is 80.4 Å². The summed E-state index contributed by atoms with van der Waals surface area (Å²) < 4.78 is 56.6. The van der Waals surface area contributed by atoms with Gasteiger partial charge in [0.25, 0.3) is 21.2 Å². The maximum Gasteiger partial charge on any atom is 0.278 e. The molecule has 6 N–H and O–H groups in total. The maximum atomic E-state index is 13.2. The third kappa shape index (κ3) is 12.3. The second-order valence-corrected chi connectivity index (χ2v) is 18.4. The Balaban J connectivity index is 0.968. The Bertz CT molecular complexity index is 2780. The van der Waals surface area contributed by atoms with Crippen LogP contribution < -0.4 is 56.9 Å². The number of unbranched alkanes of at least 4 members (excludes halogenated alkanes) is 1. The monoisotopic (exact) mass is 934 g/mol. The lowest BCUT2D eigenvalue weighted by Gasteiger charge is -2.37. The second-order valence-electron chi connectivity index (χ2n) is 14.1. The Morgan fingerprint density at radius 2 is 1.71 bits per heavy atom. The lowest BCUT2D eigenvalue weighted by Crippen LogP contribution is -2.35. The first-order valence-electron chi connectivity index (χ1n) is 18.7. The Hall–Kier alpha value is -5.24. The van der Waals surface area contributed by atoms with Gasteiger partial charge in [0.05, 0.1) is 55.0 Å². The van der Waals surface area contributed by atoms with Crippen molar-refractivity contribution in [1.82, 2.24) is 10.3 Å². The fourth-order valence-corrected chi connectivity index (χ4v) is 9.81. The minimum absolute atomic E-state index is 0.0111. The number of fused-ring (bicyclic) bond motifs is 3. The number of aromatic amines is 1. The molecule has 4 heterocycles. The average molecular weight is 935 g/mol. The Morgan fingerprint density at radius 3 is 2.43 bits per heavy atom. The number of phosphoric acid groups is 3. The number of H-pyrrole nitrogens is 1. The van der Waals surface area contributed by atoms with E-state index in [1.165, 1.54) is 47.4 Å². The summed E-state index contributed by atoms with van der Waals surface area (Å²) in [6.07, 6.45) is -3.68. The molecular formula is C36H35N5O19P3-5. The number of aliphatic carboxylic acids is 1. The minimum Gasteiger partial charge on any atom is -0.790 e. The lowest BCUT2D eigenvalue weighted by molar-refractivity contribution is -0.339. The number of ether oxygens (including phenoxy) is 1. The van der Waals surface area contributed by atoms with Crippen molar-refractivity contribution in [2.24, 2.45) is 0 Å². The van der Waals surface area contributed by atoms with Gasteiger partial charge in [-0.2, -0.15) is 0 Å². The molecule has 6 atom stereocenters. The molecule has 27 heteroatoms. The van der Waals surface area contributed by atoms with Gasteiger partial charge in [0.1, 0.15) is 29.3 Å². The van der Waals surface area contributed by atoms with Crippen molar-refractivity contribution in [2.45, 2.75) is 62.9 Å². The van der Waals surface area contributed by atoms with E-state index >= 15 is 0 Å². The van der Waals surface area contributed by atoms with Crippen LogP contribution in [0.1, 0.15) is 49.1 Å². The van der Waals surface area contributed by atoms with Crippen molar-refractivity contribution < 1.29 is 80.2 Å². The Morgan fingerprint density at radius 1 is 0.984 bits per heavy atom. The Labute approximate surface area is 354 Å². The van der Waals surface area contributed by atoms with Crippen molar-refractivity contribution in [2.75, 3.05) is 35.6 Å². The molecule has 2 aliphatic heterocycles. The second kappa shape index (κ2) is 19.2. The highest BCUT2D eigenvalue weighted by atomic mass is 31.3. The molecule has 24 nitrogen and oxygen atoms in total. The molecule has 1 saturated heterocycles. The topological polar surface area (TPSA) is 391 Å². The van der Waals surface area contributed by atoms with Gasteiger partial charge in [-0.3, -0.25) is 32.6 Å². The van der Waals surface area contributed by atoms with E-state index < -0.39 is 77.8 Å². The largest absolute Gasteiger partial charge is 0.790 e. The summed E-state index contributed by atoms with van der Waals surface area (Å²) in [5, 5.41) is 27.4. The van der Waals surface area contributed by atoms with Gasteiger partial charge in [-0.1, -0.05) is 24.0 Å². The van der Waals surface area contributed by atoms with Crippen LogP contribution >= 0.6 is 23.5 Å². The molecule has 2 aromatic carbocycles. The van der Waals surface area contributed by atoms with Crippen LogP contribution in [0.4, 0.5) is 17.2 Å². The number of carboxylic acids is 1. The van der Waals surface area contributed by atoms with Crippen LogP contribution in [-0.2, 0) is 52.4 Å². The predicted molar refractivity (Wildman–Crippen MR) is 208 cm³/mol. The standard InChI is InChI=1S/C36H40N5O19P3/c37-28-15-24-33(36(48)40-28)20(17-41(24)31-16-25(42)27(57-31)18-56-62(52,53)60-63(54,55)59-61(49,50)51)6-4-12-38-29(43)8-1-2-9-30(44)39-21-10-11-26-23(14-21)34(47)22-7-3-5-19(13-32(45)46)35(22)58-26/h3,5,7,10-11,14-15,20,25,27,31,42H,1-2,8-9,12-13,16-18H2,(H,38,43)(H,39,44)(H,45,46)(H,52,53)(H,54,55)(H3,37,40,48)(H2,49,50,51)/p-5. The molecule has 1 fully saturated rings. The number of hydrogen-bond donors (Lipinski definition) is 5. The molecule has 0 aliphatic carbocycles. The maximum absolute atomic E-state index is 13.2. The van der Waals surface area contributed by atoms with E-state index in [1.807, 2.05) is 0 Å². The number of nitrogens with zero attached hydrogens (tertiary/aromatic N) is 1. The third-order valence-electron chi connectivity index (χ3n) is 9.56. The number of benzene rings is 2. The van der Waals surface area contributed by atoms with Crippen LogP contribution in [0.2, 0.25) is 0 Å². The number of carbonyl (C=O) groups excluding carboxylic acids is 3. The number of aliphatic hydroxyl groups excluding tert-OH is 1. The van der Waals surface area contributed by atoms with Gasteiger partial charge in [0, 0.05) is 55.5 Å². The van der Waals surface area contributed by atoms with Gasteiger partial charge in [0.2, 0.25) is 17.2 Å². The minimum atomic E-state index is -6.21. The average Bonchev–Trinajstić information content (AvgIpc) is 3.72. The molecule has 63 heavy (non-hydrogen) atoms. The number of amides is 2. The van der Waals surface area contributed by atoms with Gasteiger partial charge in [-0.25, -0.2) is 4.31 Å². The van der Waals surface area contributed by atoms with E-state index in [0.29, 0.717) is 18.5 Å². The van der Waals surface area contributed by atoms with Gasteiger partial charge in [-0.15, -0.1) is 0 Å². The molecule has 6 rings (SSSR count). The first-order valence-corrected chi connectivity index (χ1v) is 23.0. The summed E-state index contributed by atoms with van der Waals surface area (Å²) >= 11 is 0. The number of carbonyl (C=O) groups is 3. The van der Waals surface area contributed by atoms with Crippen LogP contribution in [0, 0.1) is 11.8 Å². The third-order valence-corrected chi connectivity index (χ3v) is 13.2. The fourth-order valence-electron chi connectivity index (χ4n) is 6.94. The van der Waals surface area contributed by atoms with Crippen LogP contribution in [0.5, 0.6) is 0 Å². The number of pyridine rings is 1.